The van der Waals surface area contributed by atoms with E-state index in [0.717, 1.165) is 20.7 Å². The van der Waals surface area contributed by atoms with Gasteiger partial charge in [0.25, 0.3) is 0 Å². The van der Waals surface area contributed by atoms with E-state index in [2.05, 4.69) is 28.6 Å². The van der Waals surface area contributed by atoms with Crippen molar-refractivity contribution in [1.29, 1.82) is 0 Å². The Bertz CT molecular complexity index is 273. The van der Waals surface area contributed by atoms with E-state index in [1.165, 1.54) is 0 Å². The van der Waals surface area contributed by atoms with E-state index in [9.17, 15) is 0 Å². The number of methoxy groups -OCH3 is 1. The molecule has 1 rings (SSSR count). The number of thiol groups is 1. The molecule has 0 aliphatic carbocycles. The summed E-state index contributed by atoms with van der Waals surface area (Å²) in [4.78, 5) is 0.941. The molecule has 1 aromatic carbocycles. The molecule has 60 valence electrons. The topological polar surface area (TPSA) is 9.23 Å². The van der Waals surface area contributed by atoms with Crippen LogP contribution in [0.15, 0.2) is 21.5 Å². The minimum atomic E-state index is 0.865. The summed E-state index contributed by atoms with van der Waals surface area (Å²) in [6, 6.07) is 3.87. The second-order valence-corrected chi connectivity index (χ2v) is 3.65. The van der Waals surface area contributed by atoms with Crippen LogP contribution in [0, 0.1) is 6.92 Å². The van der Waals surface area contributed by atoms with Crippen molar-refractivity contribution in [1.82, 2.24) is 0 Å². The lowest BCUT2D eigenvalue weighted by Crippen LogP contribution is -1.87. The predicted molar refractivity (Wildman–Crippen MR) is 52.7 cm³/mol. The molecule has 0 heterocycles. The molecule has 0 saturated carbocycles. The lowest BCUT2D eigenvalue weighted by atomic mass is 10.2. The minimum Gasteiger partial charge on any atom is -0.496 e. The van der Waals surface area contributed by atoms with Crippen LogP contribution in [-0.2, 0) is 0 Å². The second kappa shape index (κ2) is 3.50. The summed E-state index contributed by atoms with van der Waals surface area (Å²) in [5.74, 6) is 0.865. The van der Waals surface area contributed by atoms with E-state index in [1.807, 2.05) is 19.1 Å². The van der Waals surface area contributed by atoms with Crippen LogP contribution >= 0.6 is 28.6 Å². The molecule has 1 aromatic rings. The Morgan fingerprint density at radius 1 is 1.45 bits per heavy atom. The van der Waals surface area contributed by atoms with Crippen molar-refractivity contribution in [3.05, 3.63) is 22.2 Å². The zero-order valence-electron chi connectivity index (χ0n) is 6.39. The summed E-state index contributed by atoms with van der Waals surface area (Å²) in [6.07, 6.45) is 0. The van der Waals surface area contributed by atoms with Gasteiger partial charge in [0.1, 0.15) is 5.75 Å². The maximum Gasteiger partial charge on any atom is 0.124 e. The third kappa shape index (κ3) is 1.91. The van der Waals surface area contributed by atoms with Crippen molar-refractivity contribution in [3.8, 4) is 5.75 Å². The van der Waals surface area contributed by atoms with E-state index >= 15 is 0 Å². The van der Waals surface area contributed by atoms with Gasteiger partial charge in [-0.05, 0) is 19.1 Å². The highest BCUT2D eigenvalue weighted by Crippen LogP contribution is 2.28. The first-order chi connectivity index (χ1) is 5.15. The zero-order chi connectivity index (χ0) is 8.43. The maximum absolute atomic E-state index is 5.13. The summed E-state index contributed by atoms with van der Waals surface area (Å²) >= 11 is 7.64. The van der Waals surface area contributed by atoms with Gasteiger partial charge in [-0.1, -0.05) is 15.9 Å². The van der Waals surface area contributed by atoms with Gasteiger partial charge in [-0.2, -0.15) is 0 Å². The minimum absolute atomic E-state index is 0.865. The first-order valence-corrected chi connectivity index (χ1v) is 4.42. The van der Waals surface area contributed by atoms with Gasteiger partial charge >= 0.3 is 0 Å². The summed E-state index contributed by atoms with van der Waals surface area (Å²) in [7, 11) is 1.65. The van der Waals surface area contributed by atoms with E-state index < -0.39 is 0 Å². The molecule has 0 amide bonds. The van der Waals surface area contributed by atoms with Gasteiger partial charge in [-0.15, -0.1) is 12.6 Å². The van der Waals surface area contributed by atoms with Gasteiger partial charge in [-0.25, -0.2) is 0 Å². The normalized spacial score (nSPS) is 9.82. The highest BCUT2D eigenvalue weighted by molar-refractivity contribution is 9.10. The molecule has 0 aliphatic heterocycles. The molecular formula is C8H9BrOS. The number of rotatable bonds is 1. The number of benzene rings is 1. The third-order valence-corrected chi connectivity index (χ3v) is 2.44. The van der Waals surface area contributed by atoms with Crippen molar-refractivity contribution in [2.75, 3.05) is 7.11 Å². The highest BCUT2D eigenvalue weighted by Gasteiger charge is 2.02. The molecule has 0 fully saturated rings. The van der Waals surface area contributed by atoms with Crippen molar-refractivity contribution >= 4 is 28.6 Å². The Kier molecular flexibility index (Phi) is 2.84. The number of hydrogen-bond acceptors (Lipinski definition) is 2. The molecule has 3 heteroatoms. The van der Waals surface area contributed by atoms with Crippen molar-refractivity contribution in [2.24, 2.45) is 0 Å². The fraction of sp³-hybridized carbons (Fsp3) is 0.250. The van der Waals surface area contributed by atoms with Crippen molar-refractivity contribution in [3.63, 3.8) is 0 Å². The smallest absolute Gasteiger partial charge is 0.124 e. The average molecular weight is 233 g/mol. The fourth-order valence-electron chi connectivity index (χ4n) is 0.852. The van der Waals surface area contributed by atoms with Crippen molar-refractivity contribution in [2.45, 2.75) is 11.8 Å². The van der Waals surface area contributed by atoms with Crippen LogP contribution in [0.4, 0.5) is 0 Å². The quantitative estimate of drug-likeness (QED) is 0.733. The monoisotopic (exact) mass is 232 g/mol. The lowest BCUT2D eigenvalue weighted by molar-refractivity contribution is 0.410. The van der Waals surface area contributed by atoms with Crippen LogP contribution in [-0.4, -0.2) is 7.11 Å². The molecule has 0 unspecified atom stereocenters. The van der Waals surface area contributed by atoms with Gasteiger partial charge in [0.2, 0.25) is 0 Å². The zero-order valence-corrected chi connectivity index (χ0v) is 8.87. The summed E-state index contributed by atoms with van der Waals surface area (Å²) in [6.45, 7) is 1.98. The molecule has 0 saturated heterocycles. The van der Waals surface area contributed by atoms with Crippen LogP contribution in [0.25, 0.3) is 0 Å². The van der Waals surface area contributed by atoms with Gasteiger partial charge < -0.3 is 4.74 Å². The van der Waals surface area contributed by atoms with Gasteiger partial charge in [0, 0.05) is 14.9 Å². The largest absolute Gasteiger partial charge is 0.496 e. The van der Waals surface area contributed by atoms with Crippen LogP contribution in [0.2, 0.25) is 0 Å². The van der Waals surface area contributed by atoms with Gasteiger partial charge in [-0.3, -0.25) is 0 Å². The Morgan fingerprint density at radius 2 is 2.09 bits per heavy atom. The maximum atomic E-state index is 5.13. The number of halogens is 1. The van der Waals surface area contributed by atoms with Crippen LogP contribution < -0.4 is 4.74 Å². The second-order valence-electron chi connectivity index (χ2n) is 2.25. The molecule has 0 aromatic heterocycles. The highest BCUT2D eigenvalue weighted by atomic mass is 79.9. The lowest BCUT2D eigenvalue weighted by Gasteiger charge is -2.06. The standard InChI is InChI=1S/C8H9BrOS/c1-5-7(10-2)3-6(9)4-8(5)11/h3-4,11H,1-2H3. The van der Waals surface area contributed by atoms with Gasteiger partial charge in [0.15, 0.2) is 0 Å². The molecule has 0 N–H and O–H groups in total. The van der Waals surface area contributed by atoms with Gasteiger partial charge in [0.05, 0.1) is 7.11 Å². The molecular weight excluding hydrogens is 224 g/mol. The molecule has 0 radical (unpaired) electrons. The first-order valence-electron chi connectivity index (χ1n) is 3.18. The fourth-order valence-corrected chi connectivity index (χ4v) is 1.72. The Morgan fingerprint density at radius 3 is 2.64 bits per heavy atom. The van der Waals surface area contributed by atoms with Crippen LogP contribution in [0.1, 0.15) is 5.56 Å². The Labute approximate surface area is 80.3 Å². The summed E-state index contributed by atoms with van der Waals surface area (Å²) < 4.78 is 6.12. The first kappa shape index (κ1) is 8.94. The molecule has 1 nitrogen and oxygen atoms in total. The van der Waals surface area contributed by atoms with Crippen LogP contribution in [0.3, 0.4) is 0 Å². The Hall–Kier alpha value is -0.150. The van der Waals surface area contributed by atoms with E-state index in [-0.39, 0.29) is 0 Å². The van der Waals surface area contributed by atoms with Crippen LogP contribution in [0.5, 0.6) is 5.75 Å². The third-order valence-electron chi connectivity index (χ3n) is 1.52. The SMILES string of the molecule is COc1cc(Br)cc(S)c1C. The molecule has 0 atom stereocenters. The average Bonchev–Trinajstić information content (AvgIpc) is 1.96. The van der Waals surface area contributed by atoms with E-state index in [0.29, 0.717) is 0 Å². The molecule has 0 spiro atoms. The molecule has 11 heavy (non-hydrogen) atoms. The number of ether oxygens (including phenoxy) is 1. The summed E-state index contributed by atoms with van der Waals surface area (Å²) in [5, 5.41) is 0. The summed E-state index contributed by atoms with van der Waals surface area (Å²) in [5.41, 5.74) is 1.07. The predicted octanol–water partition coefficient (Wildman–Crippen LogP) is 3.05. The van der Waals surface area contributed by atoms with E-state index in [4.69, 9.17) is 4.74 Å². The van der Waals surface area contributed by atoms with Crippen molar-refractivity contribution < 1.29 is 4.74 Å². The number of hydrogen-bond donors (Lipinski definition) is 1. The molecule has 0 aliphatic rings. The molecule has 0 bridgehead atoms. The Balaban J connectivity index is 3.24. The van der Waals surface area contributed by atoms with E-state index in [1.54, 1.807) is 7.11 Å².